The normalized spacial score (nSPS) is 25.8. The summed E-state index contributed by atoms with van der Waals surface area (Å²) in [6.07, 6.45) is -3.69. The topological polar surface area (TPSA) is 45.2 Å². The number of amides is 1. The van der Waals surface area contributed by atoms with Gasteiger partial charge in [0.15, 0.2) is 0 Å². The minimum Gasteiger partial charge on any atom is -0.355 e. The van der Waals surface area contributed by atoms with Crippen LogP contribution in [0.3, 0.4) is 0 Å². The zero-order valence-corrected chi connectivity index (χ0v) is 11.0. The van der Waals surface area contributed by atoms with E-state index in [1.165, 1.54) is 0 Å². The molecule has 0 spiro atoms. The molecule has 20 heavy (non-hydrogen) atoms. The molecule has 1 N–H and O–H groups in total. The Morgan fingerprint density at radius 2 is 2.15 bits per heavy atom. The Balaban J connectivity index is 1.84. The first-order valence-electron chi connectivity index (χ1n) is 6.11. The SMILES string of the molecule is O=C1NC[C@H]2CN(c3ncc(C(F)(F)F)cc3Cl)C[C@@H]12. The van der Waals surface area contributed by atoms with Crippen LogP contribution in [0.15, 0.2) is 12.3 Å². The molecule has 4 nitrogen and oxygen atoms in total. The minimum absolute atomic E-state index is 0.0134. The van der Waals surface area contributed by atoms with Crippen molar-refractivity contribution in [1.29, 1.82) is 0 Å². The summed E-state index contributed by atoms with van der Waals surface area (Å²) < 4.78 is 37.7. The maximum absolute atomic E-state index is 12.6. The summed E-state index contributed by atoms with van der Waals surface area (Å²) in [6, 6.07) is 0.873. The molecule has 1 amide bonds. The predicted octanol–water partition coefficient (Wildman–Crippen LogP) is 1.94. The molecule has 2 atom stereocenters. The molecule has 0 saturated carbocycles. The maximum atomic E-state index is 12.6. The molecule has 3 rings (SSSR count). The van der Waals surface area contributed by atoms with E-state index in [1.54, 1.807) is 4.90 Å². The zero-order chi connectivity index (χ0) is 14.5. The van der Waals surface area contributed by atoms with E-state index in [0.29, 0.717) is 25.5 Å². The smallest absolute Gasteiger partial charge is 0.355 e. The van der Waals surface area contributed by atoms with Gasteiger partial charge in [-0.3, -0.25) is 4.79 Å². The Morgan fingerprint density at radius 3 is 2.75 bits per heavy atom. The summed E-state index contributed by atoms with van der Waals surface area (Å²) in [7, 11) is 0. The minimum atomic E-state index is -4.46. The summed E-state index contributed by atoms with van der Waals surface area (Å²) in [4.78, 5) is 17.2. The third-order valence-electron chi connectivity index (χ3n) is 3.76. The number of carbonyl (C=O) groups excluding carboxylic acids is 1. The van der Waals surface area contributed by atoms with Gasteiger partial charge in [0.05, 0.1) is 16.5 Å². The Hall–Kier alpha value is -1.50. The van der Waals surface area contributed by atoms with Crippen LogP contribution in [0.25, 0.3) is 0 Å². The number of rotatable bonds is 1. The number of carbonyl (C=O) groups is 1. The van der Waals surface area contributed by atoms with Crippen LogP contribution >= 0.6 is 11.6 Å². The lowest BCUT2D eigenvalue weighted by molar-refractivity contribution is -0.137. The average molecular weight is 306 g/mol. The second-order valence-electron chi connectivity index (χ2n) is 5.04. The largest absolute Gasteiger partial charge is 0.417 e. The number of fused-ring (bicyclic) bond motifs is 1. The van der Waals surface area contributed by atoms with Gasteiger partial charge >= 0.3 is 6.18 Å². The van der Waals surface area contributed by atoms with E-state index in [4.69, 9.17) is 11.6 Å². The van der Waals surface area contributed by atoms with Crippen molar-refractivity contribution in [3.05, 3.63) is 22.8 Å². The van der Waals surface area contributed by atoms with E-state index in [-0.39, 0.29) is 22.8 Å². The molecule has 2 aliphatic heterocycles. The van der Waals surface area contributed by atoms with Crippen molar-refractivity contribution in [2.75, 3.05) is 24.5 Å². The number of anilines is 1. The van der Waals surface area contributed by atoms with Crippen LogP contribution in [0, 0.1) is 11.8 Å². The lowest BCUT2D eigenvalue weighted by Crippen LogP contribution is -2.29. The molecule has 108 valence electrons. The molecular formula is C12H11ClF3N3O. The number of pyridine rings is 1. The van der Waals surface area contributed by atoms with Gasteiger partial charge in [0, 0.05) is 31.7 Å². The lowest BCUT2D eigenvalue weighted by Gasteiger charge is -2.20. The molecule has 1 aromatic heterocycles. The number of hydrogen-bond acceptors (Lipinski definition) is 3. The molecule has 8 heteroatoms. The van der Waals surface area contributed by atoms with Crippen molar-refractivity contribution in [2.45, 2.75) is 6.18 Å². The molecular weight excluding hydrogens is 295 g/mol. The number of hydrogen-bond donors (Lipinski definition) is 1. The molecule has 3 heterocycles. The monoisotopic (exact) mass is 305 g/mol. The van der Waals surface area contributed by atoms with Crippen LogP contribution in [0.4, 0.5) is 19.0 Å². The lowest BCUT2D eigenvalue weighted by atomic mass is 10.0. The molecule has 1 aromatic rings. The van der Waals surface area contributed by atoms with Gasteiger partial charge in [-0.15, -0.1) is 0 Å². The highest BCUT2D eigenvalue weighted by Crippen LogP contribution is 2.36. The molecule has 2 saturated heterocycles. The third-order valence-corrected chi connectivity index (χ3v) is 4.04. The van der Waals surface area contributed by atoms with Gasteiger partial charge in [0.25, 0.3) is 0 Å². The van der Waals surface area contributed by atoms with Gasteiger partial charge in [-0.1, -0.05) is 11.6 Å². The second kappa shape index (κ2) is 4.51. The number of nitrogens with zero attached hydrogens (tertiary/aromatic N) is 2. The fourth-order valence-corrected chi connectivity index (χ4v) is 3.02. The third kappa shape index (κ3) is 2.19. The van der Waals surface area contributed by atoms with Crippen molar-refractivity contribution in [1.82, 2.24) is 10.3 Å². The van der Waals surface area contributed by atoms with Crippen molar-refractivity contribution in [2.24, 2.45) is 11.8 Å². The van der Waals surface area contributed by atoms with Gasteiger partial charge in [-0.2, -0.15) is 13.2 Å². The molecule has 0 bridgehead atoms. The van der Waals surface area contributed by atoms with E-state index in [9.17, 15) is 18.0 Å². The average Bonchev–Trinajstić information content (AvgIpc) is 2.91. The Morgan fingerprint density at radius 1 is 1.40 bits per heavy atom. The molecule has 0 aromatic carbocycles. The highest BCUT2D eigenvalue weighted by Gasteiger charge is 2.43. The van der Waals surface area contributed by atoms with Crippen LogP contribution in [0.5, 0.6) is 0 Å². The fourth-order valence-electron chi connectivity index (χ4n) is 2.73. The van der Waals surface area contributed by atoms with E-state index in [2.05, 4.69) is 10.3 Å². The van der Waals surface area contributed by atoms with Gasteiger partial charge in [-0.05, 0) is 6.07 Å². The van der Waals surface area contributed by atoms with E-state index >= 15 is 0 Å². The molecule has 2 fully saturated rings. The molecule has 0 unspecified atom stereocenters. The summed E-state index contributed by atoms with van der Waals surface area (Å²) in [5, 5.41) is 2.73. The number of alkyl halides is 3. The Kier molecular flexibility index (Phi) is 3.04. The maximum Gasteiger partial charge on any atom is 0.417 e. The summed E-state index contributed by atoms with van der Waals surface area (Å²) in [5.74, 6) is 0.334. The van der Waals surface area contributed by atoms with E-state index < -0.39 is 11.7 Å². The highest BCUT2D eigenvalue weighted by atomic mass is 35.5. The van der Waals surface area contributed by atoms with Crippen LogP contribution in [0.2, 0.25) is 5.02 Å². The first kappa shape index (κ1) is 13.5. The zero-order valence-electron chi connectivity index (χ0n) is 10.2. The summed E-state index contributed by atoms with van der Waals surface area (Å²) >= 11 is 5.90. The first-order valence-corrected chi connectivity index (χ1v) is 6.49. The van der Waals surface area contributed by atoms with E-state index in [0.717, 1.165) is 12.3 Å². The predicted molar refractivity (Wildman–Crippen MR) is 66.5 cm³/mol. The van der Waals surface area contributed by atoms with Gasteiger partial charge in [-0.25, -0.2) is 4.98 Å². The van der Waals surface area contributed by atoms with Crippen LogP contribution < -0.4 is 10.2 Å². The second-order valence-corrected chi connectivity index (χ2v) is 5.45. The van der Waals surface area contributed by atoms with Gasteiger partial charge in [0.1, 0.15) is 5.82 Å². The van der Waals surface area contributed by atoms with Crippen molar-refractivity contribution in [3.8, 4) is 0 Å². The molecule has 0 aliphatic carbocycles. The highest BCUT2D eigenvalue weighted by molar-refractivity contribution is 6.33. The number of aromatic nitrogens is 1. The Labute approximate surface area is 117 Å². The van der Waals surface area contributed by atoms with Crippen LogP contribution in [-0.2, 0) is 11.0 Å². The summed E-state index contributed by atoms with van der Waals surface area (Å²) in [6.45, 7) is 1.61. The van der Waals surface area contributed by atoms with Crippen molar-refractivity contribution in [3.63, 3.8) is 0 Å². The van der Waals surface area contributed by atoms with E-state index in [1.807, 2.05) is 0 Å². The number of nitrogens with one attached hydrogen (secondary N) is 1. The fraction of sp³-hybridized carbons (Fsp3) is 0.500. The first-order chi connectivity index (χ1) is 9.36. The molecule has 0 radical (unpaired) electrons. The van der Waals surface area contributed by atoms with Gasteiger partial charge in [0.2, 0.25) is 5.91 Å². The quantitative estimate of drug-likeness (QED) is 0.862. The molecule has 2 aliphatic rings. The van der Waals surface area contributed by atoms with Gasteiger partial charge < -0.3 is 10.2 Å². The Bertz CT molecular complexity index is 563. The standard InChI is InChI=1S/C12H11ClF3N3O/c13-9-1-7(12(14,15)16)3-17-10(9)19-4-6-2-18-11(20)8(6)5-19/h1,3,6,8H,2,4-5H2,(H,18,20)/t6-,8+/m0/s1. The summed E-state index contributed by atoms with van der Waals surface area (Å²) in [5.41, 5.74) is -0.872. The van der Waals surface area contributed by atoms with Crippen LogP contribution in [-0.4, -0.2) is 30.5 Å². The number of halogens is 4. The van der Waals surface area contributed by atoms with Crippen LogP contribution in [0.1, 0.15) is 5.56 Å². The van der Waals surface area contributed by atoms with Crippen molar-refractivity contribution < 1.29 is 18.0 Å². The van der Waals surface area contributed by atoms with Crippen molar-refractivity contribution >= 4 is 23.3 Å².